The number of pyridine rings is 2. The van der Waals surface area contributed by atoms with Crippen LogP contribution in [0, 0.1) is 0 Å². The molecule has 0 fully saturated rings. The Kier molecular flexibility index (Phi) is 4.61. The van der Waals surface area contributed by atoms with E-state index >= 15 is 0 Å². The van der Waals surface area contributed by atoms with Gasteiger partial charge in [0, 0.05) is 24.9 Å². The SMILES string of the molecule is C=[N+](CCc1ccc2c(n1)NCCC2)C(=O)Nc1cccnc1. The molecule has 23 heavy (non-hydrogen) atoms. The van der Waals surface area contributed by atoms with Gasteiger partial charge >= 0.3 is 6.03 Å². The number of fused-ring (bicyclic) bond motifs is 1. The number of amides is 2. The second-order valence-corrected chi connectivity index (χ2v) is 5.53. The van der Waals surface area contributed by atoms with Crippen molar-refractivity contribution in [3.63, 3.8) is 0 Å². The molecule has 0 saturated heterocycles. The fraction of sp³-hybridized carbons (Fsp3) is 0.294. The minimum Gasteiger partial charge on any atom is -0.370 e. The molecule has 3 rings (SSSR count). The molecule has 6 heteroatoms. The van der Waals surface area contributed by atoms with Gasteiger partial charge in [-0.1, -0.05) is 6.07 Å². The van der Waals surface area contributed by atoms with Crippen LogP contribution in [0.2, 0.25) is 0 Å². The van der Waals surface area contributed by atoms with Crippen LogP contribution >= 0.6 is 0 Å². The van der Waals surface area contributed by atoms with Crippen molar-refractivity contribution in [1.29, 1.82) is 0 Å². The lowest BCUT2D eigenvalue weighted by Crippen LogP contribution is -2.27. The van der Waals surface area contributed by atoms with Gasteiger partial charge < -0.3 is 5.32 Å². The minimum absolute atomic E-state index is 0.255. The van der Waals surface area contributed by atoms with Crippen molar-refractivity contribution in [3.05, 3.63) is 47.9 Å². The van der Waals surface area contributed by atoms with E-state index in [-0.39, 0.29) is 6.03 Å². The van der Waals surface area contributed by atoms with Crippen LogP contribution in [-0.2, 0) is 12.8 Å². The molecule has 1 aliphatic rings. The number of hydrogen-bond acceptors (Lipinski definition) is 4. The van der Waals surface area contributed by atoms with Crippen LogP contribution in [-0.4, -0.2) is 40.4 Å². The quantitative estimate of drug-likeness (QED) is 0.671. The van der Waals surface area contributed by atoms with Crippen LogP contribution in [0.3, 0.4) is 0 Å². The highest BCUT2D eigenvalue weighted by atomic mass is 16.2. The molecule has 0 unspecified atom stereocenters. The normalized spacial score (nSPS) is 12.9. The van der Waals surface area contributed by atoms with Gasteiger partial charge in [0.2, 0.25) is 0 Å². The van der Waals surface area contributed by atoms with Crippen LogP contribution in [0.25, 0.3) is 0 Å². The van der Waals surface area contributed by atoms with Gasteiger partial charge in [-0.25, -0.2) is 14.9 Å². The lowest BCUT2D eigenvalue weighted by molar-refractivity contribution is -0.413. The minimum atomic E-state index is -0.255. The van der Waals surface area contributed by atoms with Gasteiger partial charge in [-0.05, 0) is 36.6 Å². The second kappa shape index (κ2) is 7.00. The van der Waals surface area contributed by atoms with Crippen molar-refractivity contribution in [1.82, 2.24) is 9.97 Å². The summed E-state index contributed by atoms with van der Waals surface area (Å²) in [6.07, 6.45) is 6.15. The summed E-state index contributed by atoms with van der Waals surface area (Å²) < 4.78 is 1.40. The zero-order chi connectivity index (χ0) is 16.1. The molecule has 2 N–H and O–H groups in total. The summed E-state index contributed by atoms with van der Waals surface area (Å²) in [6, 6.07) is 7.45. The number of carbonyl (C=O) groups excluding carboxylic acids is 1. The maximum Gasteiger partial charge on any atom is 0.495 e. The zero-order valence-electron chi connectivity index (χ0n) is 13.0. The molecular formula is C17H20N5O+. The van der Waals surface area contributed by atoms with Crippen LogP contribution < -0.4 is 10.6 Å². The Morgan fingerprint density at radius 2 is 2.30 bits per heavy atom. The number of aromatic nitrogens is 2. The third kappa shape index (κ3) is 3.91. The van der Waals surface area contributed by atoms with Gasteiger partial charge in [-0.2, -0.15) is 4.79 Å². The first kappa shape index (κ1) is 15.1. The van der Waals surface area contributed by atoms with E-state index in [1.807, 2.05) is 6.07 Å². The van der Waals surface area contributed by atoms with Crippen LogP contribution in [0.15, 0.2) is 36.7 Å². The highest BCUT2D eigenvalue weighted by molar-refractivity contribution is 5.83. The summed E-state index contributed by atoms with van der Waals surface area (Å²) in [5.74, 6) is 0.976. The summed E-state index contributed by atoms with van der Waals surface area (Å²) >= 11 is 0. The molecule has 0 spiro atoms. The van der Waals surface area contributed by atoms with Crippen molar-refractivity contribution in [2.45, 2.75) is 19.3 Å². The number of hydrogen-bond donors (Lipinski definition) is 2. The Hall–Kier alpha value is -2.76. The molecule has 0 saturated carbocycles. The lowest BCUT2D eigenvalue weighted by Gasteiger charge is -2.17. The number of aryl methyl sites for hydroxylation is 1. The van der Waals surface area contributed by atoms with Gasteiger partial charge in [0.15, 0.2) is 0 Å². The monoisotopic (exact) mass is 310 g/mol. The smallest absolute Gasteiger partial charge is 0.370 e. The average Bonchev–Trinajstić information content (AvgIpc) is 2.60. The Bertz CT molecular complexity index is 714. The molecule has 0 aromatic carbocycles. The fourth-order valence-corrected chi connectivity index (χ4v) is 2.50. The van der Waals surface area contributed by atoms with Crippen molar-refractivity contribution < 1.29 is 9.37 Å². The summed E-state index contributed by atoms with van der Waals surface area (Å²) in [7, 11) is 0. The van der Waals surface area contributed by atoms with Gasteiger partial charge in [0.05, 0.1) is 19.5 Å². The van der Waals surface area contributed by atoms with Crippen molar-refractivity contribution in [3.8, 4) is 0 Å². The van der Waals surface area contributed by atoms with Crippen LogP contribution in [0.4, 0.5) is 16.3 Å². The number of nitrogens with one attached hydrogen (secondary N) is 2. The summed E-state index contributed by atoms with van der Waals surface area (Å²) in [4.78, 5) is 20.6. The Labute approximate surface area is 135 Å². The van der Waals surface area contributed by atoms with E-state index in [1.165, 1.54) is 10.1 Å². The van der Waals surface area contributed by atoms with Gasteiger partial charge in [-0.3, -0.25) is 4.98 Å². The maximum absolute atomic E-state index is 12.1. The van der Waals surface area contributed by atoms with Gasteiger partial charge in [0.1, 0.15) is 11.5 Å². The molecule has 0 radical (unpaired) electrons. The Balaban J connectivity index is 1.55. The van der Waals surface area contributed by atoms with Gasteiger partial charge in [0.25, 0.3) is 0 Å². The maximum atomic E-state index is 12.1. The van der Waals surface area contributed by atoms with Crippen molar-refractivity contribution >= 4 is 24.3 Å². The van der Waals surface area contributed by atoms with Crippen molar-refractivity contribution in [2.75, 3.05) is 23.7 Å². The van der Waals surface area contributed by atoms with Gasteiger partial charge in [-0.15, -0.1) is 0 Å². The first-order valence-electron chi connectivity index (χ1n) is 7.74. The summed E-state index contributed by atoms with van der Waals surface area (Å²) in [5, 5.41) is 6.08. The van der Waals surface area contributed by atoms with E-state index in [4.69, 9.17) is 0 Å². The van der Waals surface area contributed by atoms with Crippen molar-refractivity contribution in [2.24, 2.45) is 0 Å². The summed E-state index contributed by atoms with van der Waals surface area (Å²) in [6.45, 7) is 5.26. The fourth-order valence-electron chi connectivity index (χ4n) is 2.50. The second-order valence-electron chi connectivity index (χ2n) is 5.53. The third-order valence-corrected chi connectivity index (χ3v) is 3.79. The number of rotatable bonds is 4. The predicted molar refractivity (Wildman–Crippen MR) is 90.3 cm³/mol. The summed E-state index contributed by atoms with van der Waals surface area (Å²) in [5.41, 5.74) is 2.88. The van der Waals surface area contributed by atoms with E-state index in [1.54, 1.807) is 24.5 Å². The largest absolute Gasteiger partial charge is 0.495 e. The molecular weight excluding hydrogens is 290 g/mol. The van der Waals surface area contributed by atoms with E-state index in [0.29, 0.717) is 18.7 Å². The van der Waals surface area contributed by atoms with E-state index in [9.17, 15) is 4.79 Å². The number of nitrogens with zero attached hydrogens (tertiary/aromatic N) is 3. The molecule has 2 aromatic rings. The van der Waals surface area contributed by atoms with Crippen LogP contribution in [0.5, 0.6) is 0 Å². The number of anilines is 2. The standard InChI is InChI=1S/C17H19N5O/c1-22(17(23)21-15-5-3-9-18-12-15)11-8-14-7-6-13-4-2-10-19-16(13)20-14/h3,5-7,9,12H,1-2,4,8,10-11H2,(H-,19,20,21,23)/p+1. The number of carbonyl (C=O) groups is 1. The molecule has 0 aliphatic carbocycles. The first-order chi connectivity index (χ1) is 11.2. The topological polar surface area (TPSA) is 69.9 Å². The van der Waals surface area contributed by atoms with E-state index < -0.39 is 0 Å². The molecule has 3 heterocycles. The molecule has 2 amide bonds. The predicted octanol–water partition coefficient (Wildman–Crippen LogP) is 2.32. The average molecular weight is 310 g/mol. The highest BCUT2D eigenvalue weighted by Gasteiger charge is 2.16. The van der Waals surface area contributed by atoms with E-state index in [0.717, 1.165) is 30.9 Å². The third-order valence-electron chi connectivity index (χ3n) is 3.79. The zero-order valence-corrected chi connectivity index (χ0v) is 13.0. The highest BCUT2D eigenvalue weighted by Crippen LogP contribution is 2.19. The Morgan fingerprint density at radius 1 is 1.39 bits per heavy atom. The first-order valence-corrected chi connectivity index (χ1v) is 7.74. The molecule has 6 nitrogen and oxygen atoms in total. The number of urea groups is 1. The molecule has 2 aromatic heterocycles. The Morgan fingerprint density at radius 3 is 3.13 bits per heavy atom. The molecule has 0 atom stereocenters. The molecule has 0 bridgehead atoms. The lowest BCUT2D eigenvalue weighted by atomic mass is 10.1. The molecule has 1 aliphatic heterocycles. The molecule has 118 valence electrons. The van der Waals surface area contributed by atoms with Crippen LogP contribution in [0.1, 0.15) is 17.7 Å². The van der Waals surface area contributed by atoms with E-state index in [2.05, 4.69) is 33.4 Å².